The van der Waals surface area contributed by atoms with Crippen molar-refractivity contribution in [2.24, 2.45) is 5.92 Å². The molecule has 0 spiro atoms. The number of hydrogen-bond donors (Lipinski definition) is 0. The number of ether oxygens (including phenoxy) is 1. The summed E-state index contributed by atoms with van der Waals surface area (Å²) in [7, 11) is -7.59. The highest BCUT2D eigenvalue weighted by atomic mass is 32.2. The van der Waals surface area contributed by atoms with Crippen LogP contribution >= 0.6 is 0 Å². The van der Waals surface area contributed by atoms with Gasteiger partial charge < -0.3 is 4.74 Å². The third-order valence-corrected chi connectivity index (χ3v) is 9.20. The predicted molar refractivity (Wildman–Crippen MR) is 114 cm³/mol. The Bertz CT molecular complexity index is 932. The molecule has 0 amide bonds. The summed E-state index contributed by atoms with van der Waals surface area (Å²) in [6, 6.07) is 4.82. The lowest BCUT2D eigenvalue weighted by Crippen LogP contribution is -2.43. The number of hydrogen-bond acceptors (Lipinski definition) is 6. The minimum absolute atomic E-state index is 0.00611. The first kappa shape index (κ1) is 24.8. The molecule has 0 aliphatic carbocycles. The highest BCUT2D eigenvalue weighted by Gasteiger charge is 2.35. The summed E-state index contributed by atoms with van der Waals surface area (Å²) in [5, 5.41) is 0. The van der Waals surface area contributed by atoms with Crippen molar-refractivity contribution in [3.05, 3.63) is 24.3 Å². The zero-order chi connectivity index (χ0) is 22.7. The van der Waals surface area contributed by atoms with Gasteiger partial charge in [0.15, 0.2) is 0 Å². The molecule has 170 valence electrons. The number of benzene rings is 1. The molecule has 1 atom stereocenters. The molecule has 10 heteroatoms. The van der Waals surface area contributed by atoms with E-state index in [0.717, 1.165) is 0 Å². The molecule has 30 heavy (non-hydrogen) atoms. The Morgan fingerprint density at radius 1 is 1.07 bits per heavy atom. The summed E-state index contributed by atoms with van der Waals surface area (Å²) in [4.78, 5) is 12.1. The van der Waals surface area contributed by atoms with Gasteiger partial charge in [-0.25, -0.2) is 16.8 Å². The molecule has 1 heterocycles. The molecule has 0 radical (unpaired) electrons. The van der Waals surface area contributed by atoms with E-state index in [9.17, 15) is 21.6 Å². The Balaban J connectivity index is 2.27. The quantitative estimate of drug-likeness (QED) is 0.553. The second-order valence-corrected chi connectivity index (χ2v) is 11.7. The standard InChI is InChI=1S/C20H32N2O6S2/c1-6-28-20(23)17-8-7-13-21(14-17)29(24,25)18-9-11-19(12-10-18)30(26,27)22(15(2)3)16(4)5/h9-12,15-17H,6-8,13-14H2,1-5H3/t17-/m1/s1. The number of sulfonamides is 2. The van der Waals surface area contributed by atoms with Crippen LogP contribution in [-0.4, -0.2) is 63.2 Å². The van der Waals surface area contributed by atoms with E-state index in [-0.39, 0.29) is 41.0 Å². The maximum atomic E-state index is 13.0. The number of nitrogens with zero attached hydrogens (tertiary/aromatic N) is 2. The van der Waals surface area contributed by atoms with Crippen molar-refractivity contribution in [3.63, 3.8) is 0 Å². The number of carbonyl (C=O) groups excluding carboxylic acids is 1. The van der Waals surface area contributed by atoms with Crippen molar-refractivity contribution >= 4 is 26.0 Å². The minimum Gasteiger partial charge on any atom is -0.466 e. The second kappa shape index (κ2) is 9.76. The van der Waals surface area contributed by atoms with Gasteiger partial charge in [0.2, 0.25) is 20.0 Å². The van der Waals surface area contributed by atoms with Crippen LogP contribution in [0.1, 0.15) is 47.5 Å². The van der Waals surface area contributed by atoms with Gasteiger partial charge in [0.05, 0.1) is 22.3 Å². The van der Waals surface area contributed by atoms with Crippen LogP contribution in [-0.2, 0) is 29.6 Å². The lowest BCUT2D eigenvalue weighted by Gasteiger charge is -2.31. The molecule has 1 aromatic rings. The van der Waals surface area contributed by atoms with Crippen LogP contribution in [0.3, 0.4) is 0 Å². The van der Waals surface area contributed by atoms with E-state index >= 15 is 0 Å². The topological polar surface area (TPSA) is 101 Å². The molecule has 0 unspecified atom stereocenters. The van der Waals surface area contributed by atoms with E-state index in [1.54, 1.807) is 34.6 Å². The SMILES string of the molecule is CCOC(=O)[C@@H]1CCCN(S(=O)(=O)c2ccc(S(=O)(=O)N(C(C)C)C(C)C)cc2)C1. The summed E-state index contributed by atoms with van der Waals surface area (Å²) in [5.41, 5.74) is 0. The third-order valence-electron chi connectivity index (χ3n) is 5.06. The summed E-state index contributed by atoms with van der Waals surface area (Å²) in [6.45, 7) is 9.54. The maximum Gasteiger partial charge on any atom is 0.310 e. The zero-order valence-corrected chi connectivity index (χ0v) is 19.9. The van der Waals surface area contributed by atoms with Gasteiger partial charge in [-0.3, -0.25) is 4.79 Å². The van der Waals surface area contributed by atoms with Crippen LogP contribution in [0.2, 0.25) is 0 Å². The lowest BCUT2D eigenvalue weighted by atomic mass is 10.0. The largest absolute Gasteiger partial charge is 0.466 e. The molecular formula is C20H32N2O6S2. The fourth-order valence-corrected chi connectivity index (χ4v) is 7.18. The van der Waals surface area contributed by atoms with Gasteiger partial charge in [-0.05, 0) is 71.7 Å². The Morgan fingerprint density at radius 3 is 2.10 bits per heavy atom. The molecule has 2 rings (SSSR count). The average Bonchev–Trinajstić information content (AvgIpc) is 2.67. The van der Waals surface area contributed by atoms with Gasteiger partial charge >= 0.3 is 5.97 Å². The van der Waals surface area contributed by atoms with Gasteiger partial charge in [-0.15, -0.1) is 0 Å². The molecule has 1 aliphatic rings. The van der Waals surface area contributed by atoms with Crippen LogP contribution in [0.15, 0.2) is 34.1 Å². The Labute approximate surface area is 180 Å². The molecule has 1 aliphatic heterocycles. The van der Waals surface area contributed by atoms with Crippen LogP contribution in [0.4, 0.5) is 0 Å². The second-order valence-electron chi connectivity index (χ2n) is 7.95. The van der Waals surface area contributed by atoms with E-state index in [2.05, 4.69) is 0 Å². The van der Waals surface area contributed by atoms with E-state index in [4.69, 9.17) is 4.74 Å². The first-order valence-corrected chi connectivity index (χ1v) is 13.1. The maximum absolute atomic E-state index is 13.0. The van der Waals surface area contributed by atoms with Crippen molar-refractivity contribution < 1.29 is 26.4 Å². The van der Waals surface area contributed by atoms with Crippen molar-refractivity contribution in [3.8, 4) is 0 Å². The molecule has 1 aromatic carbocycles. The smallest absolute Gasteiger partial charge is 0.310 e. The molecule has 1 saturated heterocycles. The highest BCUT2D eigenvalue weighted by molar-refractivity contribution is 7.89. The highest BCUT2D eigenvalue weighted by Crippen LogP contribution is 2.27. The predicted octanol–water partition coefficient (Wildman–Crippen LogP) is 2.46. The Morgan fingerprint density at radius 2 is 1.60 bits per heavy atom. The monoisotopic (exact) mass is 460 g/mol. The summed E-state index contributed by atoms with van der Waals surface area (Å²) in [6.07, 6.45) is 1.15. The molecule has 1 fully saturated rings. The zero-order valence-electron chi connectivity index (χ0n) is 18.2. The number of carbonyl (C=O) groups is 1. The van der Waals surface area contributed by atoms with Crippen LogP contribution in [0, 0.1) is 5.92 Å². The fraction of sp³-hybridized carbons (Fsp3) is 0.650. The first-order valence-electron chi connectivity index (χ1n) is 10.2. The number of esters is 1. The minimum atomic E-state index is -3.84. The summed E-state index contributed by atoms with van der Waals surface area (Å²) in [5.74, 6) is -0.875. The van der Waals surface area contributed by atoms with Crippen molar-refractivity contribution in [2.45, 2.75) is 69.3 Å². The van der Waals surface area contributed by atoms with E-state index in [1.165, 1.54) is 32.9 Å². The van der Waals surface area contributed by atoms with Crippen LogP contribution in [0.5, 0.6) is 0 Å². The molecule has 0 saturated carbocycles. The van der Waals surface area contributed by atoms with Crippen molar-refractivity contribution in [2.75, 3.05) is 19.7 Å². The molecule has 0 aromatic heterocycles. The van der Waals surface area contributed by atoms with E-state index in [1.807, 2.05) is 0 Å². The van der Waals surface area contributed by atoms with Crippen LogP contribution in [0.25, 0.3) is 0 Å². The number of rotatable bonds is 8. The van der Waals surface area contributed by atoms with E-state index in [0.29, 0.717) is 19.4 Å². The normalized spacial score (nSPS) is 18.9. The molecule has 0 bridgehead atoms. The van der Waals surface area contributed by atoms with E-state index < -0.39 is 26.0 Å². The van der Waals surface area contributed by atoms with Crippen LogP contribution < -0.4 is 0 Å². The number of piperidine rings is 1. The molecular weight excluding hydrogens is 428 g/mol. The average molecular weight is 461 g/mol. The van der Waals surface area contributed by atoms with Gasteiger partial charge in [-0.1, -0.05) is 0 Å². The Kier molecular flexibility index (Phi) is 8.06. The van der Waals surface area contributed by atoms with Crippen molar-refractivity contribution in [1.29, 1.82) is 0 Å². The van der Waals surface area contributed by atoms with Gasteiger partial charge in [0.25, 0.3) is 0 Å². The summed E-state index contributed by atoms with van der Waals surface area (Å²) >= 11 is 0. The van der Waals surface area contributed by atoms with Gasteiger partial charge in [-0.2, -0.15) is 8.61 Å². The first-order chi connectivity index (χ1) is 13.9. The van der Waals surface area contributed by atoms with Gasteiger partial charge in [0, 0.05) is 25.2 Å². The third kappa shape index (κ3) is 5.22. The van der Waals surface area contributed by atoms with Crippen molar-refractivity contribution in [1.82, 2.24) is 8.61 Å². The summed E-state index contributed by atoms with van der Waals surface area (Å²) < 4.78 is 59.7. The molecule has 0 N–H and O–H groups in total. The molecule has 8 nitrogen and oxygen atoms in total. The fourth-order valence-electron chi connectivity index (χ4n) is 3.82. The lowest BCUT2D eigenvalue weighted by molar-refractivity contribution is -0.149. The van der Waals surface area contributed by atoms with Gasteiger partial charge in [0.1, 0.15) is 0 Å². The Hall–Kier alpha value is -1.49.